The summed E-state index contributed by atoms with van der Waals surface area (Å²) in [6.07, 6.45) is 0.766. The molecule has 9 nitrogen and oxygen atoms in total. The second kappa shape index (κ2) is 9.29. The van der Waals surface area contributed by atoms with Crippen LogP contribution in [0.15, 0.2) is 54.6 Å². The van der Waals surface area contributed by atoms with Crippen molar-refractivity contribution >= 4 is 44.4 Å². The summed E-state index contributed by atoms with van der Waals surface area (Å²) in [7, 11) is 1.56. The lowest BCUT2D eigenvalue weighted by Crippen LogP contribution is -2.41. The second-order valence-electron chi connectivity index (χ2n) is 9.78. The zero-order chi connectivity index (χ0) is 26.4. The van der Waals surface area contributed by atoms with Gasteiger partial charge in [0.1, 0.15) is 21.8 Å². The van der Waals surface area contributed by atoms with Crippen LogP contribution in [0.3, 0.4) is 0 Å². The molecule has 1 atom stereocenters. The minimum atomic E-state index is -0.368. The number of likely N-dealkylation sites (tertiary alicyclic amines) is 1. The first kappa shape index (κ1) is 24.2. The predicted octanol–water partition coefficient (Wildman–Crippen LogP) is 5.34. The van der Waals surface area contributed by atoms with Gasteiger partial charge in [-0.15, -0.1) is 0 Å². The van der Waals surface area contributed by atoms with E-state index in [9.17, 15) is 9.59 Å². The summed E-state index contributed by atoms with van der Waals surface area (Å²) >= 11 is 1.29. The van der Waals surface area contributed by atoms with Gasteiger partial charge in [-0.3, -0.25) is 15.0 Å². The fourth-order valence-corrected chi connectivity index (χ4v) is 6.14. The number of thiazole rings is 1. The van der Waals surface area contributed by atoms with Crippen molar-refractivity contribution in [3.05, 3.63) is 65.7 Å². The Bertz CT molecular complexity index is 1570. The van der Waals surface area contributed by atoms with Crippen molar-refractivity contribution < 1.29 is 19.1 Å². The van der Waals surface area contributed by atoms with Gasteiger partial charge in [0.25, 0.3) is 0 Å². The number of aryl methyl sites for hydroxylation is 1. The number of urea groups is 1. The summed E-state index contributed by atoms with van der Waals surface area (Å²) in [5, 5.41) is 3.42. The van der Waals surface area contributed by atoms with E-state index in [1.54, 1.807) is 25.0 Å². The Hall–Kier alpha value is -4.18. The van der Waals surface area contributed by atoms with E-state index in [2.05, 4.69) is 15.3 Å². The van der Waals surface area contributed by atoms with E-state index in [1.807, 2.05) is 60.4 Å². The van der Waals surface area contributed by atoms with Gasteiger partial charge in [-0.05, 0) is 60.9 Å². The maximum absolute atomic E-state index is 13.6. The number of aromatic nitrogens is 2. The third-order valence-corrected chi connectivity index (χ3v) is 8.09. The number of amides is 3. The monoisotopic (exact) mass is 529 g/mol. The predicted molar refractivity (Wildman–Crippen MR) is 147 cm³/mol. The van der Waals surface area contributed by atoms with Crippen LogP contribution in [0.25, 0.3) is 10.3 Å². The molecule has 0 saturated carbocycles. The molecule has 4 aromatic rings. The Labute approximate surface area is 224 Å². The summed E-state index contributed by atoms with van der Waals surface area (Å²) in [6.45, 7) is 5.28. The average Bonchev–Trinajstić information content (AvgIpc) is 3.59. The van der Waals surface area contributed by atoms with Gasteiger partial charge in [0.05, 0.1) is 7.11 Å². The molecule has 6 rings (SSSR count). The highest BCUT2D eigenvalue weighted by molar-refractivity contribution is 7.22. The molecule has 2 aromatic carbocycles. The molecule has 0 bridgehead atoms. The number of benzene rings is 2. The lowest BCUT2D eigenvalue weighted by molar-refractivity contribution is -0.127. The molecule has 2 aliphatic rings. The molecule has 3 amide bonds. The van der Waals surface area contributed by atoms with Crippen LogP contribution in [-0.2, 0) is 10.2 Å². The molecule has 0 aliphatic carbocycles. The largest absolute Gasteiger partial charge is 0.481 e. The van der Waals surface area contributed by atoms with Gasteiger partial charge in [-0.2, -0.15) is 0 Å². The van der Waals surface area contributed by atoms with E-state index in [1.165, 1.54) is 11.3 Å². The molecule has 1 spiro atoms. The zero-order valence-electron chi connectivity index (χ0n) is 21.4. The van der Waals surface area contributed by atoms with Crippen molar-refractivity contribution in [3.63, 3.8) is 0 Å². The average molecular weight is 530 g/mol. The van der Waals surface area contributed by atoms with Gasteiger partial charge in [0.2, 0.25) is 11.8 Å². The second-order valence-corrected chi connectivity index (χ2v) is 10.8. The van der Waals surface area contributed by atoms with Gasteiger partial charge in [0.15, 0.2) is 5.13 Å². The highest BCUT2D eigenvalue weighted by atomic mass is 32.1. The number of nitrogens with one attached hydrogen (secondary N) is 1. The van der Waals surface area contributed by atoms with Gasteiger partial charge < -0.3 is 14.4 Å². The molecule has 194 valence electrons. The number of nitrogens with zero attached hydrogens (tertiary/aromatic N) is 4. The number of carbonyl (C=O) groups is 2. The summed E-state index contributed by atoms with van der Waals surface area (Å²) in [6, 6.07) is 17.0. The van der Waals surface area contributed by atoms with Crippen molar-refractivity contribution in [1.82, 2.24) is 14.9 Å². The Morgan fingerprint density at radius 2 is 1.89 bits per heavy atom. The highest BCUT2D eigenvalue weighted by Gasteiger charge is 2.49. The van der Waals surface area contributed by atoms with Crippen molar-refractivity contribution in [3.8, 4) is 17.4 Å². The number of pyridine rings is 1. The van der Waals surface area contributed by atoms with E-state index in [0.29, 0.717) is 46.7 Å². The van der Waals surface area contributed by atoms with E-state index in [0.717, 1.165) is 29.0 Å². The van der Waals surface area contributed by atoms with Gasteiger partial charge >= 0.3 is 6.03 Å². The third kappa shape index (κ3) is 4.30. The lowest BCUT2D eigenvalue weighted by Gasteiger charge is -2.25. The zero-order valence-corrected chi connectivity index (χ0v) is 22.2. The fourth-order valence-electron chi connectivity index (χ4n) is 5.32. The number of fused-ring (bicyclic) bond motifs is 3. The van der Waals surface area contributed by atoms with Crippen molar-refractivity contribution in [2.45, 2.75) is 25.7 Å². The lowest BCUT2D eigenvalue weighted by atomic mass is 9.81. The van der Waals surface area contributed by atoms with Crippen molar-refractivity contribution in [2.75, 3.05) is 37.0 Å². The van der Waals surface area contributed by atoms with Gasteiger partial charge in [-0.25, -0.2) is 14.8 Å². The first-order valence-electron chi connectivity index (χ1n) is 12.4. The van der Waals surface area contributed by atoms with E-state index >= 15 is 0 Å². The molecule has 1 unspecified atom stereocenters. The molecule has 0 radical (unpaired) electrons. The standard InChI is InChI=1S/C28H27N5O4S/c1-17-5-4-6-19(13-17)37-20-7-9-23-21(14-20)28(11-12-32(15-28)18(2)34)16-33(23)27(35)31-26-29-22-8-10-24(36-3)30-25(22)38-26/h4-10,13-14H,11-12,15-16H2,1-3H3,(H,29,31,35). The molecule has 1 saturated heterocycles. The Kier molecular flexibility index (Phi) is 5.91. The molecule has 10 heteroatoms. The number of carbonyl (C=O) groups excluding carboxylic acids is 2. The molecule has 1 N–H and O–H groups in total. The van der Waals surface area contributed by atoms with Crippen LogP contribution in [0.5, 0.6) is 17.4 Å². The molecular weight excluding hydrogens is 502 g/mol. The topological polar surface area (TPSA) is 96.9 Å². The van der Waals surface area contributed by atoms with E-state index in [-0.39, 0.29) is 17.4 Å². The fraction of sp³-hybridized carbons (Fsp3) is 0.286. The van der Waals surface area contributed by atoms with Crippen LogP contribution in [0.1, 0.15) is 24.5 Å². The van der Waals surface area contributed by atoms with Crippen molar-refractivity contribution in [1.29, 1.82) is 0 Å². The Morgan fingerprint density at radius 1 is 1.05 bits per heavy atom. The quantitative estimate of drug-likeness (QED) is 0.383. The summed E-state index contributed by atoms with van der Waals surface area (Å²) in [5.41, 5.74) is 3.25. The van der Waals surface area contributed by atoms with Crippen molar-refractivity contribution in [2.24, 2.45) is 0 Å². The van der Waals surface area contributed by atoms with Crippen LogP contribution in [0.4, 0.5) is 15.6 Å². The summed E-state index contributed by atoms with van der Waals surface area (Å²) in [5.74, 6) is 1.98. The van der Waals surface area contributed by atoms with E-state index in [4.69, 9.17) is 9.47 Å². The minimum Gasteiger partial charge on any atom is -0.481 e. The van der Waals surface area contributed by atoms with E-state index < -0.39 is 0 Å². The maximum Gasteiger partial charge on any atom is 0.328 e. The smallest absolute Gasteiger partial charge is 0.328 e. The molecule has 2 aliphatic heterocycles. The van der Waals surface area contributed by atoms with Gasteiger partial charge in [0, 0.05) is 43.7 Å². The van der Waals surface area contributed by atoms with Crippen LogP contribution in [0.2, 0.25) is 0 Å². The number of anilines is 2. The van der Waals surface area contributed by atoms with Crippen LogP contribution >= 0.6 is 11.3 Å². The van der Waals surface area contributed by atoms with Crippen LogP contribution < -0.4 is 19.7 Å². The normalized spacial score (nSPS) is 18.2. The first-order valence-corrected chi connectivity index (χ1v) is 13.2. The van der Waals surface area contributed by atoms with Crippen LogP contribution in [-0.4, -0.2) is 53.6 Å². The number of hydrogen-bond acceptors (Lipinski definition) is 7. The Morgan fingerprint density at radius 3 is 2.66 bits per heavy atom. The minimum absolute atomic E-state index is 0.0379. The molecule has 1 fully saturated rings. The molecule has 38 heavy (non-hydrogen) atoms. The third-order valence-electron chi connectivity index (χ3n) is 7.21. The summed E-state index contributed by atoms with van der Waals surface area (Å²) in [4.78, 5) is 39.0. The maximum atomic E-state index is 13.6. The number of ether oxygens (including phenoxy) is 2. The molecule has 4 heterocycles. The Balaban J connectivity index is 1.31. The van der Waals surface area contributed by atoms with Crippen LogP contribution in [0, 0.1) is 6.92 Å². The SMILES string of the molecule is COc1ccc2nc(NC(=O)N3CC4(CCN(C(C)=O)C4)c4cc(Oc5cccc(C)c5)ccc43)sc2n1. The van der Waals surface area contributed by atoms with Gasteiger partial charge in [-0.1, -0.05) is 23.5 Å². The molecule has 2 aromatic heterocycles. The number of hydrogen-bond donors (Lipinski definition) is 1. The highest BCUT2D eigenvalue weighted by Crippen LogP contribution is 2.48. The number of methoxy groups -OCH3 is 1. The summed E-state index contributed by atoms with van der Waals surface area (Å²) < 4.78 is 11.4. The number of rotatable bonds is 4. The first-order chi connectivity index (χ1) is 18.3. The molecular formula is C28H27N5O4S.